The third-order valence-corrected chi connectivity index (χ3v) is 5.66. The monoisotopic (exact) mass is 335 g/mol. The molecule has 1 spiro atoms. The van der Waals surface area contributed by atoms with E-state index in [0.717, 1.165) is 51.4 Å². The smallest absolute Gasteiger partial charge is 0.243 e. The highest BCUT2D eigenvalue weighted by molar-refractivity contribution is 5.87. The Morgan fingerprint density at radius 2 is 1.96 bits per heavy atom. The van der Waals surface area contributed by atoms with E-state index in [1.165, 1.54) is 0 Å². The number of methoxy groups -OCH3 is 1. The molecule has 7 nitrogen and oxygen atoms in total. The van der Waals surface area contributed by atoms with E-state index < -0.39 is 0 Å². The Morgan fingerprint density at radius 1 is 1.21 bits per heavy atom. The summed E-state index contributed by atoms with van der Waals surface area (Å²) in [4.78, 5) is 24.2. The molecule has 24 heavy (non-hydrogen) atoms. The van der Waals surface area contributed by atoms with Gasteiger partial charge < -0.3 is 14.2 Å². The fraction of sp³-hybridized carbons (Fsp3) is 0.765. The zero-order valence-corrected chi connectivity index (χ0v) is 15.1. The van der Waals surface area contributed by atoms with Crippen molar-refractivity contribution in [3.8, 4) is 0 Å². The number of amides is 1. The number of hydrogen-bond donors (Lipinski definition) is 0. The van der Waals surface area contributed by atoms with E-state index in [0.29, 0.717) is 13.2 Å². The largest absolute Gasteiger partial charge is 0.383 e. The van der Waals surface area contributed by atoms with E-state index >= 15 is 0 Å². The molecule has 1 amide bonds. The summed E-state index contributed by atoms with van der Waals surface area (Å²) in [7, 11) is 5.81. The van der Waals surface area contributed by atoms with Gasteiger partial charge in [0, 0.05) is 59.3 Å². The molecule has 1 aromatic rings. The molecule has 0 bridgehead atoms. The highest BCUT2D eigenvalue weighted by atomic mass is 16.5. The van der Waals surface area contributed by atoms with Crippen molar-refractivity contribution >= 4 is 5.91 Å². The van der Waals surface area contributed by atoms with Crippen LogP contribution in [-0.4, -0.2) is 89.2 Å². The maximum absolute atomic E-state index is 13.1. The first kappa shape index (κ1) is 17.4. The lowest BCUT2D eigenvalue weighted by atomic mass is 9.82. The van der Waals surface area contributed by atoms with Crippen LogP contribution in [0.4, 0.5) is 0 Å². The number of piperidine rings is 1. The number of imidazole rings is 1. The van der Waals surface area contributed by atoms with Crippen molar-refractivity contribution < 1.29 is 9.53 Å². The first-order valence-electron chi connectivity index (χ1n) is 8.75. The van der Waals surface area contributed by atoms with Crippen LogP contribution in [0.5, 0.6) is 0 Å². The molecule has 2 fully saturated rings. The molecule has 3 rings (SSSR count). The van der Waals surface area contributed by atoms with Crippen molar-refractivity contribution in [1.82, 2.24) is 24.3 Å². The minimum Gasteiger partial charge on any atom is -0.383 e. The average molecular weight is 335 g/mol. The van der Waals surface area contributed by atoms with Crippen molar-refractivity contribution in [3.63, 3.8) is 0 Å². The van der Waals surface area contributed by atoms with Crippen LogP contribution in [-0.2, 0) is 23.1 Å². The fourth-order valence-electron chi connectivity index (χ4n) is 3.88. The van der Waals surface area contributed by atoms with E-state index in [2.05, 4.69) is 26.4 Å². The number of likely N-dealkylation sites (tertiary alicyclic amines) is 1. The second kappa shape index (κ2) is 7.21. The normalized spacial score (nSPS) is 22.5. The molecule has 2 saturated heterocycles. The molecule has 0 unspecified atom stereocenters. The third-order valence-electron chi connectivity index (χ3n) is 5.66. The van der Waals surface area contributed by atoms with Gasteiger partial charge in [0.15, 0.2) is 0 Å². The van der Waals surface area contributed by atoms with Gasteiger partial charge >= 0.3 is 0 Å². The second-order valence-electron chi connectivity index (χ2n) is 6.97. The number of piperazine rings is 1. The topological polar surface area (TPSA) is 53.8 Å². The van der Waals surface area contributed by atoms with E-state index in [9.17, 15) is 4.79 Å². The number of carbonyl (C=O) groups is 1. The standard InChI is InChI=1S/C17H29N5O2/c1-19-9-6-18-15(19)14-21-7-4-17(5-8-21)16(23)22(12-13-24-3)11-10-20(17)2/h6,9H,4-5,7-8,10-14H2,1-3H3. The van der Waals surface area contributed by atoms with Crippen LogP contribution in [0.2, 0.25) is 0 Å². The average Bonchev–Trinajstić information content (AvgIpc) is 2.99. The molecule has 0 N–H and O–H groups in total. The van der Waals surface area contributed by atoms with Crippen LogP contribution in [0.15, 0.2) is 12.4 Å². The summed E-state index contributed by atoms with van der Waals surface area (Å²) in [6.45, 7) is 5.76. The van der Waals surface area contributed by atoms with Crippen LogP contribution in [0, 0.1) is 0 Å². The second-order valence-corrected chi connectivity index (χ2v) is 6.97. The molecule has 2 aliphatic rings. The van der Waals surface area contributed by atoms with Crippen LogP contribution in [0.1, 0.15) is 18.7 Å². The van der Waals surface area contributed by atoms with Gasteiger partial charge in [0.25, 0.3) is 0 Å². The Hall–Kier alpha value is -1.44. The van der Waals surface area contributed by atoms with Gasteiger partial charge in [-0.3, -0.25) is 14.6 Å². The first-order chi connectivity index (χ1) is 11.6. The number of nitrogens with zero attached hydrogens (tertiary/aromatic N) is 5. The minimum absolute atomic E-state index is 0.282. The number of aromatic nitrogens is 2. The van der Waals surface area contributed by atoms with E-state index in [4.69, 9.17) is 4.74 Å². The number of rotatable bonds is 5. The Labute approximate surface area is 144 Å². The van der Waals surface area contributed by atoms with Gasteiger partial charge in [0.2, 0.25) is 5.91 Å². The molecule has 134 valence electrons. The van der Waals surface area contributed by atoms with Gasteiger partial charge in [-0.05, 0) is 19.9 Å². The molecule has 0 atom stereocenters. The van der Waals surface area contributed by atoms with E-state index in [1.54, 1.807) is 7.11 Å². The van der Waals surface area contributed by atoms with Crippen molar-refractivity contribution in [1.29, 1.82) is 0 Å². The van der Waals surface area contributed by atoms with Gasteiger partial charge in [-0.1, -0.05) is 0 Å². The molecular formula is C17H29N5O2. The van der Waals surface area contributed by atoms with Crippen LogP contribution in [0.25, 0.3) is 0 Å². The molecule has 3 heterocycles. The van der Waals surface area contributed by atoms with Crippen molar-refractivity contribution in [3.05, 3.63) is 18.2 Å². The molecule has 0 saturated carbocycles. The molecule has 0 aromatic carbocycles. The Kier molecular flexibility index (Phi) is 5.22. The first-order valence-corrected chi connectivity index (χ1v) is 8.75. The van der Waals surface area contributed by atoms with Crippen LogP contribution >= 0.6 is 0 Å². The summed E-state index contributed by atoms with van der Waals surface area (Å²) in [6.07, 6.45) is 5.59. The van der Waals surface area contributed by atoms with Gasteiger partial charge in [-0.25, -0.2) is 4.98 Å². The minimum atomic E-state index is -0.329. The highest BCUT2D eigenvalue weighted by Gasteiger charge is 2.49. The van der Waals surface area contributed by atoms with Crippen molar-refractivity contribution in [2.75, 3.05) is 53.5 Å². The molecule has 0 radical (unpaired) electrons. The number of aryl methyl sites for hydroxylation is 1. The molecular weight excluding hydrogens is 306 g/mol. The Balaban J connectivity index is 1.63. The number of ether oxygens (including phenoxy) is 1. The number of hydrogen-bond acceptors (Lipinski definition) is 5. The maximum atomic E-state index is 13.1. The van der Waals surface area contributed by atoms with Crippen molar-refractivity contribution in [2.45, 2.75) is 24.9 Å². The Morgan fingerprint density at radius 3 is 2.58 bits per heavy atom. The summed E-state index contributed by atoms with van der Waals surface area (Å²) < 4.78 is 7.22. The van der Waals surface area contributed by atoms with Gasteiger partial charge in [0.05, 0.1) is 13.2 Å². The van der Waals surface area contributed by atoms with Gasteiger partial charge in [0.1, 0.15) is 11.4 Å². The van der Waals surface area contributed by atoms with Gasteiger partial charge in [-0.2, -0.15) is 0 Å². The Bertz CT molecular complexity index is 563. The van der Waals surface area contributed by atoms with E-state index in [-0.39, 0.29) is 11.4 Å². The quantitative estimate of drug-likeness (QED) is 0.768. The summed E-state index contributed by atoms with van der Waals surface area (Å²) in [5.41, 5.74) is -0.329. The lowest BCUT2D eigenvalue weighted by molar-refractivity contribution is -0.155. The lowest BCUT2D eigenvalue weighted by Crippen LogP contribution is -2.67. The maximum Gasteiger partial charge on any atom is 0.243 e. The molecule has 1 aromatic heterocycles. The molecule has 2 aliphatic heterocycles. The third kappa shape index (κ3) is 3.20. The predicted octanol–water partition coefficient (Wildman–Crippen LogP) is 0.175. The van der Waals surface area contributed by atoms with Crippen molar-refractivity contribution in [2.24, 2.45) is 7.05 Å². The predicted molar refractivity (Wildman–Crippen MR) is 91.5 cm³/mol. The summed E-state index contributed by atoms with van der Waals surface area (Å²) in [5.74, 6) is 1.36. The fourth-order valence-corrected chi connectivity index (χ4v) is 3.88. The number of likely N-dealkylation sites (N-methyl/N-ethyl adjacent to an activating group) is 1. The highest BCUT2D eigenvalue weighted by Crippen LogP contribution is 2.33. The zero-order valence-electron chi connectivity index (χ0n) is 15.1. The van der Waals surface area contributed by atoms with Crippen LogP contribution in [0.3, 0.4) is 0 Å². The number of carbonyl (C=O) groups excluding carboxylic acids is 1. The summed E-state index contributed by atoms with van der Waals surface area (Å²) in [5, 5.41) is 0. The van der Waals surface area contributed by atoms with Gasteiger partial charge in [-0.15, -0.1) is 0 Å². The zero-order chi connectivity index (χ0) is 17.2. The summed E-state index contributed by atoms with van der Waals surface area (Å²) >= 11 is 0. The molecule has 7 heteroatoms. The van der Waals surface area contributed by atoms with E-state index in [1.807, 2.05) is 24.3 Å². The lowest BCUT2D eigenvalue weighted by Gasteiger charge is -2.51. The summed E-state index contributed by atoms with van der Waals surface area (Å²) in [6, 6.07) is 0. The SMILES string of the molecule is COCCN1CCN(C)C2(CCN(Cc3nccn3C)CC2)C1=O. The van der Waals surface area contributed by atoms with Crippen LogP contribution < -0.4 is 0 Å². The molecule has 0 aliphatic carbocycles.